The molecule has 1 aromatic rings. The molecule has 21 heavy (non-hydrogen) atoms. The molecule has 0 bridgehead atoms. The number of amides is 1. The normalized spacial score (nSPS) is 19.5. The molecule has 0 saturated carbocycles. The Labute approximate surface area is 131 Å². The predicted octanol–water partition coefficient (Wildman–Crippen LogP) is 2.57. The van der Waals surface area contributed by atoms with Gasteiger partial charge in [0.15, 0.2) is 0 Å². The van der Waals surface area contributed by atoms with Crippen LogP contribution in [0.2, 0.25) is 5.02 Å². The molecule has 5 heteroatoms. The smallest absolute Gasteiger partial charge is 0.229 e. The van der Waals surface area contributed by atoms with Crippen LogP contribution in [0.4, 0.5) is 0 Å². The van der Waals surface area contributed by atoms with Crippen LogP contribution in [0.3, 0.4) is 0 Å². The number of hydrogen-bond donors (Lipinski definition) is 1. The third-order valence-electron chi connectivity index (χ3n) is 3.77. The van der Waals surface area contributed by atoms with Crippen LogP contribution in [-0.2, 0) is 4.79 Å². The van der Waals surface area contributed by atoms with Crippen molar-refractivity contribution in [3.63, 3.8) is 0 Å². The number of likely N-dealkylation sites (tertiary alicyclic amines) is 1. The lowest BCUT2D eigenvalue weighted by molar-refractivity contribution is -0.131. The molecule has 1 aliphatic heterocycles. The first-order valence-corrected chi connectivity index (χ1v) is 7.63. The van der Waals surface area contributed by atoms with Crippen molar-refractivity contribution < 1.29 is 9.53 Å². The summed E-state index contributed by atoms with van der Waals surface area (Å²) in [5.41, 5.74) is -0.597. The zero-order valence-corrected chi connectivity index (χ0v) is 13.6. The van der Waals surface area contributed by atoms with Gasteiger partial charge in [0.1, 0.15) is 12.4 Å². The first-order valence-electron chi connectivity index (χ1n) is 7.25. The van der Waals surface area contributed by atoms with Crippen molar-refractivity contribution in [1.29, 1.82) is 0 Å². The third kappa shape index (κ3) is 4.35. The Morgan fingerprint density at radius 2 is 2.19 bits per heavy atom. The van der Waals surface area contributed by atoms with E-state index in [1.807, 2.05) is 32.0 Å². The summed E-state index contributed by atoms with van der Waals surface area (Å²) in [5.74, 6) is 0.635. The molecular weight excluding hydrogens is 288 g/mol. The molecule has 1 unspecified atom stereocenters. The van der Waals surface area contributed by atoms with Crippen LogP contribution in [0.5, 0.6) is 5.75 Å². The number of nitrogens with one attached hydrogen (secondary N) is 1. The quantitative estimate of drug-likeness (QED) is 0.909. The summed E-state index contributed by atoms with van der Waals surface area (Å²) in [4.78, 5) is 14.6. The largest absolute Gasteiger partial charge is 0.491 e. The Morgan fingerprint density at radius 1 is 1.48 bits per heavy atom. The van der Waals surface area contributed by atoms with Crippen LogP contribution in [0, 0.1) is 5.41 Å². The highest BCUT2D eigenvalue weighted by atomic mass is 35.5. The Kier molecular flexibility index (Phi) is 5.12. The van der Waals surface area contributed by atoms with E-state index in [9.17, 15) is 4.79 Å². The predicted molar refractivity (Wildman–Crippen MR) is 84.8 cm³/mol. The molecule has 0 radical (unpaired) electrons. The van der Waals surface area contributed by atoms with Crippen molar-refractivity contribution in [2.45, 2.75) is 26.3 Å². The van der Waals surface area contributed by atoms with Gasteiger partial charge in [0.2, 0.25) is 5.91 Å². The highest BCUT2D eigenvalue weighted by Crippen LogP contribution is 2.26. The Balaban J connectivity index is 1.88. The SMILES string of the molecule is CN1CCC(NC(=O)C(C)(C)COc2ccccc2Cl)C1. The fraction of sp³-hybridized carbons (Fsp3) is 0.562. The van der Waals surface area contributed by atoms with Crippen molar-refractivity contribution in [3.8, 4) is 5.75 Å². The summed E-state index contributed by atoms with van der Waals surface area (Å²) >= 11 is 6.06. The molecule has 2 rings (SSSR count). The van der Waals surface area contributed by atoms with E-state index in [1.165, 1.54) is 0 Å². The number of halogens is 1. The maximum absolute atomic E-state index is 12.4. The first kappa shape index (κ1) is 16.1. The molecule has 116 valence electrons. The second kappa shape index (κ2) is 6.67. The number of benzene rings is 1. The van der Waals surface area contributed by atoms with E-state index in [4.69, 9.17) is 16.3 Å². The molecule has 1 fully saturated rings. The highest BCUT2D eigenvalue weighted by Gasteiger charge is 2.32. The molecule has 1 atom stereocenters. The Morgan fingerprint density at radius 3 is 2.81 bits per heavy atom. The van der Waals surface area contributed by atoms with Gasteiger partial charge in [0, 0.05) is 12.6 Å². The molecule has 0 spiro atoms. The van der Waals surface area contributed by atoms with Crippen LogP contribution >= 0.6 is 11.6 Å². The molecule has 1 aliphatic rings. The Hall–Kier alpha value is -1.26. The summed E-state index contributed by atoms with van der Waals surface area (Å²) in [6.45, 7) is 6.01. The number of nitrogens with zero attached hydrogens (tertiary/aromatic N) is 1. The van der Waals surface area contributed by atoms with Gasteiger partial charge in [-0.15, -0.1) is 0 Å². The van der Waals surface area contributed by atoms with Crippen molar-refractivity contribution >= 4 is 17.5 Å². The maximum Gasteiger partial charge on any atom is 0.229 e. The van der Waals surface area contributed by atoms with Crippen molar-refractivity contribution in [2.75, 3.05) is 26.7 Å². The molecule has 1 amide bonds. The summed E-state index contributed by atoms with van der Waals surface area (Å²) in [6.07, 6.45) is 1.00. The standard InChI is InChI=1S/C16H23ClN2O2/c1-16(2,11-21-14-7-5-4-6-13(14)17)15(20)18-12-8-9-19(3)10-12/h4-7,12H,8-11H2,1-3H3,(H,18,20). The summed E-state index contributed by atoms with van der Waals surface area (Å²) < 4.78 is 5.71. The van der Waals surface area contributed by atoms with Gasteiger partial charge in [0.25, 0.3) is 0 Å². The van der Waals surface area contributed by atoms with E-state index in [0.717, 1.165) is 19.5 Å². The van der Waals surface area contributed by atoms with Gasteiger partial charge in [-0.25, -0.2) is 0 Å². The van der Waals surface area contributed by atoms with E-state index in [1.54, 1.807) is 6.07 Å². The lowest BCUT2D eigenvalue weighted by Gasteiger charge is -2.26. The van der Waals surface area contributed by atoms with Crippen LogP contribution in [-0.4, -0.2) is 43.6 Å². The van der Waals surface area contributed by atoms with Gasteiger partial charge in [-0.2, -0.15) is 0 Å². The summed E-state index contributed by atoms with van der Waals surface area (Å²) in [6, 6.07) is 7.54. The molecule has 0 aromatic heterocycles. The van der Waals surface area contributed by atoms with Crippen LogP contribution in [0.1, 0.15) is 20.3 Å². The number of carbonyl (C=O) groups excluding carboxylic acids is 1. The topological polar surface area (TPSA) is 41.6 Å². The van der Waals surface area contributed by atoms with Gasteiger partial charge in [-0.05, 0) is 46.0 Å². The summed E-state index contributed by atoms with van der Waals surface area (Å²) in [7, 11) is 2.07. The van der Waals surface area contributed by atoms with E-state index in [2.05, 4.69) is 17.3 Å². The van der Waals surface area contributed by atoms with Gasteiger partial charge in [0.05, 0.1) is 10.4 Å². The Bertz CT molecular complexity index is 505. The molecule has 1 heterocycles. The molecule has 1 aromatic carbocycles. The van der Waals surface area contributed by atoms with E-state index < -0.39 is 5.41 Å². The minimum atomic E-state index is -0.597. The molecule has 1 saturated heterocycles. The minimum absolute atomic E-state index is 0.0230. The number of rotatable bonds is 5. The zero-order chi connectivity index (χ0) is 15.5. The molecule has 0 aliphatic carbocycles. The van der Waals surface area contributed by atoms with Gasteiger partial charge in [-0.1, -0.05) is 23.7 Å². The average molecular weight is 311 g/mol. The van der Waals surface area contributed by atoms with Crippen molar-refractivity contribution in [1.82, 2.24) is 10.2 Å². The molecular formula is C16H23ClN2O2. The lowest BCUT2D eigenvalue weighted by Crippen LogP contribution is -2.46. The van der Waals surface area contributed by atoms with Crippen LogP contribution < -0.4 is 10.1 Å². The highest BCUT2D eigenvalue weighted by molar-refractivity contribution is 6.32. The van der Waals surface area contributed by atoms with Crippen LogP contribution in [0.15, 0.2) is 24.3 Å². The van der Waals surface area contributed by atoms with Gasteiger partial charge < -0.3 is 15.0 Å². The van der Waals surface area contributed by atoms with Crippen molar-refractivity contribution in [3.05, 3.63) is 29.3 Å². The second-order valence-electron chi connectivity index (χ2n) is 6.32. The number of para-hydroxylation sites is 1. The van der Waals surface area contributed by atoms with Crippen LogP contribution in [0.25, 0.3) is 0 Å². The lowest BCUT2D eigenvalue weighted by atomic mass is 9.93. The second-order valence-corrected chi connectivity index (χ2v) is 6.73. The molecule has 4 nitrogen and oxygen atoms in total. The fourth-order valence-corrected chi connectivity index (χ4v) is 2.51. The summed E-state index contributed by atoms with van der Waals surface area (Å²) in [5, 5.41) is 3.67. The molecule has 1 N–H and O–H groups in total. The third-order valence-corrected chi connectivity index (χ3v) is 4.08. The first-order chi connectivity index (χ1) is 9.88. The number of hydrogen-bond acceptors (Lipinski definition) is 3. The van der Waals surface area contributed by atoms with E-state index >= 15 is 0 Å². The van der Waals surface area contributed by atoms with Gasteiger partial charge in [-0.3, -0.25) is 4.79 Å². The number of carbonyl (C=O) groups is 1. The van der Waals surface area contributed by atoms with Gasteiger partial charge >= 0.3 is 0 Å². The monoisotopic (exact) mass is 310 g/mol. The number of ether oxygens (including phenoxy) is 1. The fourth-order valence-electron chi connectivity index (χ4n) is 2.32. The van der Waals surface area contributed by atoms with E-state index in [0.29, 0.717) is 17.4 Å². The number of likely N-dealkylation sites (N-methyl/N-ethyl adjacent to an activating group) is 1. The maximum atomic E-state index is 12.4. The van der Waals surface area contributed by atoms with Crippen molar-refractivity contribution in [2.24, 2.45) is 5.41 Å². The van der Waals surface area contributed by atoms with E-state index in [-0.39, 0.29) is 11.9 Å². The average Bonchev–Trinajstić information content (AvgIpc) is 2.83. The zero-order valence-electron chi connectivity index (χ0n) is 12.9. The minimum Gasteiger partial charge on any atom is -0.491 e.